The van der Waals surface area contributed by atoms with E-state index in [-0.39, 0.29) is 18.0 Å². The van der Waals surface area contributed by atoms with Gasteiger partial charge in [-0.25, -0.2) is 14.2 Å². The van der Waals surface area contributed by atoms with Crippen molar-refractivity contribution in [2.45, 2.75) is 6.92 Å². The molecule has 0 saturated carbocycles. The lowest BCUT2D eigenvalue weighted by Crippen LogP contribution is -2.05. The van der Waals surface area contributed by atoms with Crippen LogP contribution >= 0.6 is 11.3 Å². The Morgan fingerprint density at radius 3 is 2.81 bits per heavy atom. The van der Waals surface area contributed by atoms with Crippen molar-refractivity contribution < 1.29 is 13.9 Å². The fourth-order valence-corrected chi connectivity index (χ4v) is 2.35. The number of hydrogen-bond acceptors (Lipinski definition) is 5. The van der Waals surface area contributed by atoms with Gasteiger partial charge in [0, 0.05) is 10.9 Å². The average molecular weight is 302 g/mol. The van der Waals surface area contributed by atoms with Crippen molar-refractivity contribution in [1.82, 2.24) is 4.98 Å². The van der Waals surface area contributed by atoms with Crippen LogP contribution in [0.3, 0.4) is 0 Å². The molecular formula is C15H11FN2O2S. The zero-order chi connectivity index (χ0) is 15.2. The van der Waals surface area contributed by atoms with Crippen LogP contribution in [0.15, 0.2) is 35.2 Å². The number of ether oxygens (including phenoxy) is 1. The maximum absolute atomic E-state index is 12.9. The molecule has 2 aromatic rings. The first-order valence-corrected chi connectivity index (χ1v) is 7.02. The van der Waals surface area contributed by atoms with Crippen LogP contribution in [0.4, 0.5) is 4.39 Å². The standard InChI is InChI=1S/C15H11FN2O2S/c1-2-20-15(19)11(8-17)7-13-9-21-14(18-13)10-3-5-12(16)6-4-10/h3-7,9H,2H2,1H3/b11-7+. The highest BCUT2D eigenvalue weighted by atomic mass is 32.1. The summed E-state index contributed by atoms with van der Waals surface area (Å²) in [5.74, 6) is -0.985. The summed E-state index contributed by atoms with van der Waals surface area (Å²) in [6.07, 6.45) is 1.38. The van der Waals surface area contributed by atoms with E-state index in [1.54, 1.807) is 30.5 Å². The van der Waals surface area contributed by atoms with Gasteiger partial charge in [-0.05, 0) is 37.3 Å². The number of esters is 1. The highest BCUT2D eigenvalue weighted by Gasteiger charge is 2.11. The molecule has 0 amide bonds. The topological polar surface area (TPSA) is 63.0 Å². The molecule has 0 atom stereocenters. The van der Waals surface area contributed by atoms with Crippen molar-refractivity contribution in [3.05, 3.63) is 46.7 Å². The largest absolute Gasteiger partial charge is 0.462 e. The van der Waals surface area contributed by atoms with E-state index in [4.69, 9.17) is 10.00 Å². The Hall–Kier alpha value is -2.52. The monoisotopic (exact) mass is 302 g/mol. The van der Waals surface area contributed by atoms with Crippen molar-refractivity contribution in [2.75, 3.05) is 6.61 Å². The summed E-state index contributed by atoms with van der Waals surface area (Å²) in [5.41, 5.74) is 1.16. The van der Waals surface area contributed by atoms with Gasteiger partial charge in [-0.15, -0.1) is 11.3 Å². The minimum Gasteiger partial charge on any atom is -0.462 e. The third-order valence-corrected chi connectivity index (χ3v) is 3.43. The third-order valence-electron chi connectivity index (χ3n) is 2.52. The van der Waals surface area contributed by atoms with Gasteiger partial charge < -0.3 is 4.74 Å². The minimum absolute atomic E-state index is 0.104. The molecule has 0 radical (unpaired) electrons. The number of aromatic nitrogens is 1. The molecule has 0 aliphatic heterocycles. The molecule has 6 heteroatoms. The maximum atomic E-state index is 12.9. The van der Waals surface area contributed by atoms with E-state index >= 15 is 0 Å². The van der Waals surface area contributed by atoms with E-state index < -0.39 is 5.97 Å². The Kier molecular flexibility index (Phi) is 4.80. The zero-order valence-electron chi connectivity index (χ0n) is 11.2. The van der Waals surface area contributed by atoms with Crippen molar-refractivity contribution in [3.63, 3.8) is 0 Å². The summed E-state index contributed by atoms with van der Waals surface area (Å²) in [7, 11) is 0. The number of rotatable bonds is 4. The molecule has 1 aromatic heterocycles. The van der Waals surface area contributed by atoms with Gasteiger partial charge in [-0.1, -0.05) is 0 Å². The van der Waals surface area contributed by atoms with Gasteiger partial charge in [0.25, 0.3) is 0 Å². The van der Waals surface area contributed by atoms with E-state index in [9.17, 15) is 9.18 Å². The Morgan fingerprint density at radius 2 is 2.19 bits per heavy atom. The fourth-order valence-electron chi connectivity index (χ4n) is 1.57. The predicted molar refractivity (Wildman–Crippen MR) is 77.7 cm³/mol. The van der Waals surface area contributed by atoms with Crippen molar-refractivity contribution in [3.8, 4) is 16.6 Å². The Morgan fingerprint density at radius 1 is 1.48 bits per heavy atom. The summed E-state index contributed by atoms with van der Waals surface area (Å²) in [6, 6.07) is 7.75. The quantitative estimate of drug-likeness (QED) is 0.493. The van der Waals surface area contributed by atoms with E-state index in [1.165, 1.54) is 29.5 Å². The van der Waals surface area contributed by atoms with Crippen LogP contribution in [-0.4, -0.2) is 17.6 Å². The van der Waals surface area contributed by atoms with E-state index in [1.807, 2.05) is 0 Å². The van der Waals surface area contributed by atoms with E-state index in [0.717, 1.165) is 5.56 Å². The summed E-state index contributed by atoms with van der Waals surface area (Å²) in [6.45, 7) is 1.87. The number of halogens is 1. The normalized spacial score (nSPS) is 11.0. The van der Waals surface area contributed by atoms with Crippen molar-refractivity contribution in [1.29, 1.82) is 5.26 Å². The molecule has 0 N–H and O–H groups in total. The lowest BCUT2D eigenvalue weighted by atomic mass is 10.2. The van der Waals surface area contributed by atoms with Crippen LogP contribution in [0.5, 0.6) is 0 Å². The zero-order valence-corrected chi connectivity index (χ0v) is 12.0. The van der Waals surface area contributed by atoms with Gasteiger partial charge in [0.1, 0.15) is 22.5 Å². The summed E-state index contributed by atoms with van der Waals surface area (Å²) < 4.78 is 17.6. The molecule has 21 heavy (non-hydrogen) atoms. The highest BCUT2D eigenvalue weighted by molar-refractivity contribution is 7.13. The first-order valence-electron chi connectivity index (χ1n) is 6.14. The predicted octanol–water partition coefficient (Wildman–Crippen LogP) is 3.42. The van der Waals surface area contributed by atoms with Crippen molar-refractivity contribution in [2.24, 2.45) is 0 Å². The number of thiazole rings is 1. The number of benzene rings is 1. The number of hydrogen-bond donors (Lipinski definition) is 0. The second-order valence-corrected chi connectivity index (χ2v) is 4.83. The molecular weight excluding hydrogens is 291 g/mol. The van der Waals surface area contributed by atoms with E-state index in [2.05, 4.69) is 4.98 Å². The molecule has 0 unspecified atom stereocenters. The second-order valence-electron chi connectivity index (χ2n) is 3.97. The lowest BCUT2D eigenvalue weighted by molar-refractivity contribution is -0.137. The minimum atomic E-state index is -0.670. The molecule has 4 nitrogen and oxygen atoms in total. The number of carbonyl (C=O) groups excluding carboxylic acids is 1. The van der Waals surface area contributed by atoms with Gasteiger partial charge >= 0.3 is 5.97 Å². The van der Waals surface area contributed by atoms with Crippen molar-refractivity contribution >= 4 is 23.4 Å². The number of nitriles is 1. The van der Waals surface area contributed by atoms with Gasteiger partial charge in [0.05, 0.1) is 12.3 Å². The SMILES string of the molecule is CCOC(=O)/C(C#N)=C/c1csc(-c2ccc(F)cc2)n1. The Balaban J connectivity index is 2.25. The van der Waals surface area contributed by atoms with Gasteiger partial charge in [0.2, 0.25) is 0 Å². The summed E-state index contributed by atoms with van der Waals surface area (Å²) in [5, 5.41) is 11.4. The Labute approximate surface area is 125 Å². The van der Waals surface area contributed by atoms with Crippen LogP contribution in [-0.2, 0) is 9.53 Å². The molecule has 0 bridgehead atoms. The van der Waals surface area contributed by atoms with Crippen LogP contribution < -0.4 is 0 Å². The van der Waals surface area contributed by atoms with Crippen LogP contribution in [0.1, 0.15) is 12.6 Å². The fraction of sp³-hybridized carbons (Fsp3) is 0.133. The first-order chi connectivity index (χ1) is 10.1. The van der Waals surface area contributed by atoms with Gasteiger partial charge in [-0.3, -0.25) is 0 Å². The lowest BCUT2D eigenvalue weighted by Gasteiger charge is -1.98. The summed E-state index contributed by atoms with van der Waals surface area (Å²) in [4.78, 5) is 15.8. The Bertz CT molecular complexity index is 714. The number of nitrogens with zero attached hydrogens (tertiary/aromatic N) is 2. The maximum Gasteiger partial charge on any atom is 0.348 e. The van der Waals surface area contributed by atoms with Crippen LogP contribution in [0, 0.1) is 17.1 Å². The average Bonchev–Trinajstić information content (AvgIpc) is 2.94. The van der Waals surface area contributed by atoms with Gasteiger partial charge in [0.15, 0.2) is 0 Å². The molecule has 0 saturated heterocycles. The smallest absolute Gasteiger partial charge is 0.348 e. The molecule has 0 spiro atoms. The molecule has 1 heterocycles. The molecule has 2 rings (SSSR count). The highest BCUT2D eigenvalue weighted by Crippen LogP contribution is 2.24. The molecule has 0 fully saturated rings. The summed E-state index contributed by atoms with van der Waals surface area (Å²) >= 11 is 1.35. The number of carbonyl (C=O) groups is 1. The molecule has 0 aliphatic rings. The van der Waals surface area contributed by atoms with E-state index in [0.29, 0.717) is 10.7 Å². The van der Waals surface area contributed by atoms with Gasteiger partial charge in [-0.2, -0.15) is 5.26 Å². The molecule has 1 aromatic carbocycles. The van der Waals surface area contributed by atoms with Crippen LogP contribution in [0.25, 0.3) is 16.6 Å². The first kappa shape index (κ1) is 14.9. The second kappa shape index (κ2) is 6.77. The van der Waals surface area contributed by atoms with Crippen LogP contribution in [0.2, 0.25) is 0 Å². The molecule has 106 valence electrons. The third kappa shape index (κ3) is 3.74. The molecule has 0 aliphatic carbocycles.